The normalized spacial score (nSPS) is 10.1. The number of nitrogens with two attached hydrogens (primary N) is 1. The summed E-state index contributed by atoms with van der Waals surface area (Å²) < 4.78 is 5.27. The topological polar surface area (TPSA) is 77.2 Å². The van der Waals surface area contributed by atoms with E-state index in [1.54, 1.807) is 31.5 Å². The predicted molar refractivity (Wildman–Crippen MR) is 77.8 cm³/mol. The van der Waals surface area contributed by atoms with Gasteiger partial charge >= 0.3 is 0 Å². The lowest BCUT2D eigenvalue weighted by Gasteiger charge is -2.13. The van der Waals surface area contributed by atoms with Gasteiger partial charge < -0.3 is 15.8 Å². The fraction of sp³-hybridized carbons (Fsp3) is 0.200. The number of primary amides is 1. The number of methoxy groups -OCH3 is 1. The van der Waals surface area contributed by atoms with Crippen molar-refractivity contribution in [3.8, 4) is 5.75 Å². The summed E-state index contributed by atoms with van der Waals surface area (Å²) in [5.41, 5.74) is 8.69. The van der Waals surface area contributed by atoms with Crippen LogP contribution in [0.5, 0.6) is 5.75 Å². The van der Waals surface area contributed by atoms with Crippen molar-refractivity contribution in [3.05, 3.63) is 53.3 Å². The Labute approximate surface area is 117 Å². The largest absolute Gasteiger partial charge is 0.495 e. The Balaban J connectivity index is 2.22. The molecule has 20 heavy (non-hydrogen) atoms. The van der Waals surface area contributed by atoms with E-state index >= 15 is 0 Å². The van der Waals surface area contributed by atoms with Crippen LogP contribution in [0.15, 0.2) is 36.7 Å². The number of nitrogens with zero attached hydrogens (tertiary/aromatic N) is 1. The molecule has 1 aromatic heterocycles. The summed E-state index contributed by atoms with van der Waals surface area (Å²) in [5, 5.41) is 3.24. The van der Waals surface area contributed by atoms with Gasteiger partial charge in [0, 0.05) is 24.5 Å². The van der Waals surface area contributed by atoms with Crippen molar-refractivity contribution in [2.75, 3.05) is 12.4 Å². The second-order valence-electron chi connectivity index (χ2n) is 4.44. The fourth-order valence-corrected chi connectivity index (χ4v) is 1.87. The zero-order valence-electron chi connectivity index (χ0n) is 11.5. The van der Waals surface area contributed by atoms with Gasteiger partial charge in [-0.3, -0.25) is 9.78 Å². The Hall–Kier alpha value is -2.56. The van der Waals surface area contributed by atoms with E-state index in [0.717, 1.165) is 16.8 Å². The Morgan fingerprint density at radius 3 is 2.85 bits per heavy atom. The van der Waals surface area contributed by atoms with E-state index in [1.807, 2.05) is 19.2 Å². The van der Waals surface area contributed by atoms with E-state index in [9.17, 15) is 4.79 Å². The number of aryl methyl sites for hydroxylation is 1. The highest BCUT2D eigenvalue weighted by atomic mass is 16.5. The van der Waals surface area contributed by atoms with Crippen LogP contribution < -0.4 is 15.8 Å². The van der Waals surface area contributed by atoms with Crippen molar-refractivity contribution < 1.29 is 9.53 Å². The number of pyridine rings is 1. The number of anilines is 1. The molecule has 1 aromatic carbocycles. The highest BCUT2D eigenvalue weighted by molar-refractivity contribution is 5.94. The average molecular weight is 271 g/mol. The number of hydrogen-bond donors (Lipinski definition) is 2. The van der Waals surface area contributed by atoms with Crippen LogP contribution in [0.4, 0.5) is 5.69 Å². The highest BCUT2D eigenvalue weighted by Gasteiger charge is 2.08. The number of amides is 1. The van der Waals surface area contributed by atoms with Crippen LogP contribution in [0.25, 0.3) is 0 Å². The van der Waals surface area contributed by atoms with Gasteiger partial charge in [-0.15, -0.1) is 0 Å². The summed E-state index contributed by atoms with van der Waals surface area (Å²) in [4.78, 5) is 15.3. The molecule has 104 valence electrons. The molecule has 0 aliphatic carbocycles. The van der Waals surface area contributed by atoms with Gasteiger partial charge in [-0.2, -0.15) is 0 Å². The van der Waals surface area contributed by atoms with Gasteiger partial charge in [0.15, 0.2) is 0 Å². The number of benzene rings is 1. The Morgan fingerprint density at radius 1 is 1.40 bits per heavy atom. The monoisotopic (exact) mass is 271 g/mol. The molecule has 0 bridgehead atoms. The molecule has 0 aliphatic rings. The summed E-state index contributed by atoms with van der Waals surface area (Å²) >= 11 is 0. The molecular formula is C15H17N3O2. The number of carbonyl (C=O) groups excluding carboxylic acids is 1. The van der Waals surface area contributed by atoms with Gasteiger partial charge in [0.1, 0.15) is 5.75 Å². The first-order valence-corrected chi connectivity index (χ1v) is 6.23. The number of nitrogens with one attached hydrogen (secondary N) is 1. The molecule has 0 spiro atoms. The number of carbonyl (C=O) groups is 1. The maximum atomic E-state index is 11.2. The molecule has 2 aromatic rings. The van der Waals surface area contributed by atoms with Crippen LogP contribution in [-0.4, -0.2) is 18.0 Å². The SMILES string of the molecule is COc1ccc(C(N)=O)cc1NCc1cnccc1C. The van der Waals surface area contributed by atoms with Crippen LogP contribution in [0.1, 0.15) is 21.5 Å². The third kappa shape index (κ3) is 3.06. The first-order chi connectivity index (χ1) is 9.61. The molecule has 5 nitrogen and oxygen atoms in total. The summed E-state index contributed by atoms with van der Waals surface area (Å²) in [6.07, 6.45) is 3.57. The molecule has 0 radical (unpaired) electrons. The van der Waals surface area contributed by atoms with Gasteiger partial charge in [0.25, 0.3) is 0 Å². The van der Waals surface area contributed by atoms with Crippen molar-refractivity contribution >= 4 is 11.6 Å². The minimum atomic E-state index is -0.465. The quantitative estimate of drug-likeness (QED) is 0.873. The second-order valence-corrected chi connectivity index (χ2v) is 4.44. The minimum absolute atomic E-state index is 0.441. The number of rotatable bonds is 5. The van der Waals surface area contributed by atoms with Crippen molar-refractivity contribution in [2.24, 2.45) is 5.73 Å². The predicted octanol–water partition coefficient (Wildman–Crippen LogP) is 2.11. The lowest BCUT2D eigenvalue weighted by Crippen LogP contribution is -2.12. The lowest BCUT2D eigenvalue weighted by atomic mass is 10.1. The molecule has 0 fully saturated rings. The first kappa shape index (κ1) is 13.9. The van der Waals surface area contributed by atoms with Crippen LogP contribution in [0, 0.1) is 6.92 Å². The van der Waals surface area contributed by atoms with E-state index in [4.69, 9.17) is 10.5 Å². The van der Waals surface area contributed by atoms with Gasteiger partial charge in [-0.25, -0.2) is 0 Å². The van der Waals surface area contributed by atoms with E-state index in [1.165, 1.54) is 0 Å². The average Bonchev–Trinajstić information content (AvgIpc) is 2.46. The van der Waals surface area contributed by atoms with E-state index in [2.05, 4.69) is 10.3 Å². The van der Waals surface area contributed by atoms with Gasteiger partial charge in [-0.05, 0) is 42.3 Å². The van der Waals surface area contributed by atoms with Crippen LogP contribution in [0.3, 0.4) is 0 Å². The maximum absolute atomic E-state index is 11.2. The minimum Gasteiger partial charge on any atom is -0.495 e. The maximum Gasteiger partial charge on any atom is 0.248 e. The van der Waals surface area contributed by atoms with Crippen LogP contribution in [0.2, 0.25) is 0 Å². The fourth-order valence-electron chi connectivity index (χ4n) is 1.87. The van der Waals surface area contributed by atoms with E-state index in [-0.39, 0.29) is 0 Å². The third-order valence-electron chi connectivity index (χ3n) is 3.10. The molecule has 0 unspecified atom stereocenters. The van der Waals surface area contributed by atoms with Crippen molar-refractivity contribution in [1.29, 1.82) is 0 Å². The summed E-state index contributed by atoms with van der Waals surface area (Å²) in [5.74, 6) is 0.199. The van der Waals surface area contributed by atoms with Gasteiger partial charge in [-0.1, -0.05) is 0 Å². The molecule has 3 N–H and O–H groups in total. The van der Waals surface area contributed by atoms with Crippen LogP contribution >= 0.6 is 0 Å². The van der Waals surface area contributed by atoms with Gasteiger partial charge in [0.2, 0.25) is 5.91 Å². The second kappa shape index (κ2) is 6.06. The Bertz CT molecular complexity index is 626. The smallest absolute Gasteiger partial charge is 0.248 e. The number of aromatic nitrogens is 1. The number of ether oxygens (including phenoxy) is 1. The third-order valence-corrected chi connectivity index (χ3v) is 3.10. The zero-order chi connectivity index (χ0) is 14.5. The Morgan fingerprint density at radius 2 is 2.20 bits per heavy atom. The molecule has 0 saturated heterocycles. The van der Waals surface area contributed by atoms with Crippen molar-refractivity contribution in [1.82, 2.24) is 4.98 Å². The molecular weight excluding hydrogens is 254 g/mol. The molecule has 1 amide bonds. The van der Waals surface area contributed by atoms with Crippen molar-refractivity contribution in [2.45, 2.75) is 13.5 Å². The van der Waals surface area contributed by atoms with Gasteiger partial charge in [0.05, 0.1) is 12.8 Å². The molecule has 0 saturated carbocycles. The molecule has 1 heterocycles. The van der Waals surface area contributed by atoms with Crippen LogP contribution in [-0.2, 0) is 6.54 Å². The Kier molecular flexibility index (Phi) is 4.20. The molecule has 0 aliphatic heterocycles. The number of hydrogen-bond acceptors (Lipinski definition) is 4. The summed E-state index contributed by atoms with van der Waals surface area (Å²) in [6.45, 7) is 2.62. The molecule has 0 atom stereocenters. The summed E-state index contributed by atoms with van der Waals surface area (Å²) in [7, 11) is 1.58. The van der Waals surface area contributed by atoms with E-state index < -0.39 is 5.91 Å². The lowest BCUT2D eigenvalue weighted by molar-refractivity contribution is 0.100. The molecule has 2 rings (SSSR count). The summed E-state index contributed by atoms with van der Waals surface area (Å²) in [6, 6.07) is 7.00. The highest BCUT2D eigenvalue weighted by Crippen LogP contribution is 2.26. The molecule has 5 heteroatoms. The van der Waals surface area contributed by atoms with Crippen molar-refractivity contribution in [3.63, 3.8) is 0 Å². The standard InChI is InChI=1S/C15H17N3O2/c1-10-5-6-17-8-12(10)9-18-13-7-11(15(16)19)3-4-14(13)20-2/h3-8,18H,9H2,1-2H3,(H2,16,19). The van der Waals surface area contributed by atoms with E-state index in [0.29, 0.717) is 17.9 Å². The first-order valence-electron chi connectivity index (χ1n) is 6.23. The zero-order valence-corrected chi connectivity index (χ0v) is 11.5.